The maximum Gasteiger partial charge on any atom is 0.0478 e. The summed E-state index contributed by atoms with van der Waals surface area (Å²) in [5.74, 6) is 0. The summed E-state index contributed by atoms with van der Waals surface area (Å²) in [6.07, 6.45) is 8.89. The molecule has 0 atom stereocenters. The van der Waals surface area contributed by atoms with Crippen LogP contribution in [0.4, 0.5) is 0 Å². The van der Waals surface area contributed by atoms with Crippen LogP contribution in [0.5, 0.6) is 0 Å². The number of fused-ring (bicyclic) bond motifs is 1. The standard InChI is InChI=1S/C13H17N/c1-3-5-13-12-9-10(4-2)8-11(12)6-7-14-13/h6-7,9H,3-5,8H2,1-2H3. The molecule has 0 bridgehead atoms. The van der Waals surface area contributed by atoms with E-state index in [0.717, 1.165) is 12.8 Å². The van der Waals surface area contributed by atoms with E-state index < -0.39 is 0 Å². The molecule has 1 aromatic heterocycles. The second kappa shape index (κ2) is 3.95. The summed E-state index contributed by atoms with van der Waals surface area (Å²) in [5.41, 5.74) is 5.71. The summed E-state index contributed by atoms with van der Waals surface area (Å²) in [6, 6.07) is 2.16. The lowest BCUT2D eigenvalue weighted by atomic mass is 10.1. The van der Waals surface area contributed by atoms with Crippen molar-refractivity contribution in [2.45, 2.75) is 39.5 Å². The molecular formula is C13H17N. The Morgan fingerprint density at radius 2 is 2.21 bits per heavy atom. The van der Waals surface area contributed by atoms with Crippen LogP contribution < -0.4 is 0 Å². The van der Waals surface area contributed by atoms with Crippen molar-refractivity contribution in [3.8, 4) is 0 Å². The van der Waals surface area contributed by atoms with Gasteiger partial charge in [0, 0.05) is 11.9 Å². The summed E-state index contributed by atoms with van der Waals surface area (Å²) in [4.78, 5) is 4.46. The zero-order valence-electron chi connectivity index (χ0n) is 9.01. The van der Waals surface area contributed by atoms with E-state index in [1.165, 1.54) is 29.7 Å². The van der Waals surface area contributed by atoms with Gasteiger partial charge in [0.15, 0.2) is 0 Å². The van der Waals surface area contributed by atoms with Crippen molar-refractivity contribution in [3.05, 3.63) is 34.7 Å². The Labute approximate surface area is 85.9 Å². The second-order valence-corrected chi connectivity index (χ2v) is 3.91. The van der Waals surface area contributed by atoms with E-state index in [1.807, 2.05) is 6.20 Å². The van der Waals surface area contributed by atoms with Gasteiger partial charge in [0.1, 0.15) is 0 Å². The summed E-state index contributed by atoms with van der Waals surface area (Å²) in [6.45, 7) is 4.44. The van der Waals surface area contributed by atoms with Crippen molar-refractivity contribution >= 4 is 6.08 Å². The van der Waals surface area contributed by atoms with Gasteiger partial charge in [-0.2, -0.15) is 0 Å². The van der Waals surface area contributed by atoms with E-state index in [9.17, 15) is 0 Å². The number of rotatable bonds is 3. The predicted molar refractivity (Wildman–Crippen MR) is 60.2 cm³/mol. The Bertz CT molecular complexity index is 363. The first-order valence-electron chi connectivity index (χ1n) is 5.51. The van der Waals surface area contributed by atoms with E-state index in [4.69, 9.17) is 0 Å². The molecule has 14 heavy (non-hydrogen) atoms. The third-order valence-corrected chi connectivity index (χ3v) is 2.87. The molecule has 1 aliphatic carbocycles. The van der Waals surface area contributed by atoms with E-state index in [0.29, 0.717) is 0 Å². The van der Waals surface area contributed by atoms with Crippen molar-refractivity contribution in [2.75, 3.05) is 0 Å². The van der Waals surface area contributed by atoms with Gasteiger partial charge in [-0.05, 0) is 36.5 Å². The van der Waals surface area contributed by atoms with Crippen molar-refractivity contribution in [3.63, 3.8) is 0 Å². The number of nitrogens with zero attached hydrogens (tertiary/aromatic N) is 1. The normalized spacial score (nSPS) is 14.0. The van der Waals surface area contributed by atoms with Gasteiger partial charge in [0.25, 0.3) is 0 Å². The SMILES string of the molecule is CCCc1nccc2c1C=C(CC)C2. The third-order valence-electron chi connectivity index (χ3n) is 2.87. The lowest BCUT2D eigenvalue weighted by Gasteiger charge is -2.04. The second-order valence-electron chi connectivity index (χ2n) is 3.91. The molecule has 0 saturated heterocycles. The molecule has 1 heterocycles. The minimum Gasteiger partial charge on any atom is -0.261 e. The molecule has 0 radical (unpaired) electrons. The van der Waals surface area contributed by atoms with E-state index >= 15 is 0 Å². The fourth-order valence-electron chi connectivity index (χ4n) is 2.05. The molecule has 74 valence electrons. The summed E-state index contributed by atoms with van der Waals surface area (Å²) in [5, 5.41) is 0. The Morgan fingerprint density at radius 3 is 2.93 bits per heavy atom. The van der Waals surface area contributed by atoms with Crippen LogP contribution in [0.1, 0.15) is 43.5 Å². The van der Waals surface area contributed by atoms with Crippen molar-refractivity contribution < 1.29 is 0 Å². The Kier molecular flexibility index (Phi) is 2.67. The zero-order valence-corrected chi connectivity index (χ0v) is 9.01. The third kappa shape index (κ3) is 1.59. The molecule has 1 heteroatoms. The molecule has 0 amide bonds. The van der Waals surface area contributed by atoms with Gasteiger partial charge in [-0.15, -0.1) is 0 Å². The van der Waals surface area contributed by atoms with Crippen LogP contribution in [0.3, 0.4) is 0 Å². The lowest BCUT2D eigenvalue weighted by Crippen LogP contribution is -1.94. The largest absolute Gasteiger partial charge is 0.261 e. The van der Waals surface area contributed by atoms with Crippen LogP contribution >= 0.6 is 0 Å². The highest BCUT2D eigenvalue weighted by Gasteiger charge is 2.14. The summed E-state index contributed by atoms with van der Waals surface area (Å²) in [7, 11) is 0. The van der Waals surface area contributed by atoms with Crippen LogP contribution in [0.15, 0.2) is 17.8 Å². The average molecular weight is 187 g/mol. The molecule has 0 spiro atoms. The van der Waals surface area contributed by atoms with Crippen molar-refractivity contribution in [1.29, 1.82) is 0 Å². The van der Waals surface area contributed by atoms with Gasteiger partial charge in [-0.25, -0.2) is 0 Å². The monoisotopic (exact) mass is 187 g/mol. The highest BCUT2D eigenvalue weighted by molar-refractivity contribution is 5.65. The number of aryl methyl sites for hydroxylation is 1. The fraction of sp³-hybridized carbons (Fsp3) is 0.462. The van der Waals surface area contributed by atoms with Gasteiger partial charge in [-0.3, -0.25) is 4.98 Å². The number of pyridine rings is 1. The van der Waals surface area contributed by atoms with Crippen LogP contribution in [-0.4, -0.2) is 4.98 Å². The first-order valence-corrected chi connectivity index (χ1v) is 5.51. The molecule has 1 aliphatic rings. The molecular weight excluding hydrogens is 170 g/mol. The molecule has 1 nitrogen and oxygen atoms in total. The van der Waals surface area contributed by atoms with E-state index in [-0.39, 0.29) is 0 Å². The Hall–Kier alpha value is -1.11. The van der Waals surface area contributed by atoms with Gasteiger partial charge >= 0.3 is 0 Å². The van der Waals surface area contributed by atoms with Crippen molar-refractivity contribution in [1.82, 2.24) is 4.98 Å². The molecule has 0 aliphatic heterocycles. The minimum atomic E-state index is 1.11. The Morgan fingerprint density at radius 1 is 1.36 bits per heavy atom. The molecule has 1 aromatic rings. The molecule has 0 N–H and O–H groups in total. The Balaban J connectivity index is 2.37. The fourth-order valence-corrected chi connectivity index (χ4v) is 2.05. The molecule has 0 saturated carbocycles. The summed E-state index contributed by atoms with van der Waals surface area (Å²) < 4.78 is 0. The first kappa shape index (κ1) is 9.45. The van der Waals surface area contributed by atoms with E-state index in [2.05, 4.69) is 31.0 Å². The quantitative estimate of drug-likeness (QED) is 0.707. The smallest absolute Gasteiger partial charge is 0.0478 e. The number of hydrogen-bond acceptors (Lipinski definition) is 1. The number of allylic oxidation sites excluding steroid dienone is 1. The highest BCUT2D eigenvalue weighted by Crippen LogP contribution is 2.28. The van der Waals surface area contributed by atoms with Crippen molar-refractivity contribution in [2.24, 2.45) is 0 Å². The van der Waals surface area contributed by atoms with Gasteiger partial charge in [0.05, 0.1) is 0 Å². The van der Waals surface area contributed by atoms with Crippen LogP contribution in [0.2, 0.25) is 0 Å². The number of hydrogen-bond donors (Lipinski definition) is 0. The number of aromatic nitrogens is 1. The molecule has 0 fully saturated rings. The van der Waals surface area contributed by atoms with Crippen LogP contribution in [-0.2, 0) is 12.8 Å². The predicted octanol–water partition coefficient (Wildman–Crippen LogP) is 3.38. The summed E-state index contributed by atoms with van der Waals surface area (Å²) >= 11 is 0. The minimum absolute atomic E-state index is 1.11. The first-order chi connectivity index (χ1) is 6.85. The van der Waals surface area contributed by atoms with E-state index in [1.54, 1.807) is 5.57 Å². The molecule has 2 rings (SSSR count). The lowest BCUT2D eigenvalue weighted by molar-refractivity contribution is 0.876. The maximum atomic E-state index is 4.46. The zero-order chi connectivity index (χ0) is 9.97. The van der Waals surface area contributed by atoms with Crippen LogP contribution in [0.25, 0.3) is 6.08 Å². The average Bonchev–Trinajstić information content (AvgIpc) is 2.62. The topological polar surface area (TPSA) is 12.9 Å². The molecule has 0 aromatic carbocycles. The van der Waals surface area contributed by atoms with Gasteiger partial charge in [0.2, 0.25) is 0 Å². The van der Waals surface area contributed by atoms with Gasteiger partial charge < -0.3 is 0 Å². The highest BCUT2D eigenvalue weighted by atomic mass is 14.7. The molecule has 0 unspecified atom stereocenters. The maximum absolute atomic E-state index is 4.46. The van der Waals surface area contributed by atoms with Crippen LogP contribution in [0, 0.1) is 0 Å². The van der Waals surface area contributed by atoms with Gasteiger partial charge in [-0.1, -0.05) is 31.9 Å².